The van der Waals surface area contributed by atoms with Gasteiger partial charge in [-0.05, 0) is 12.1 Å². The third kappa shape index (κ3) is 4.01. The fourth-order valence-electron chi connectivity index (χ4n) is 1.82. The van der Waals surface area contributed by atoms with Crippen LogP contribution >= 0.6 is 0 Å². The van der Waals surface area contributed by atoms with E-state index in [1.807, 2.05) is 0 Å². The number of ether oxygens (including phenoxy) is 2. The van der Waals surface area contributed by atoms with E-state index in [1.54, 1.807) is 7.11 Å². The van der Waals surface area contributed by atoms with Crippen molar-refractivity contribution in [3.63, 3.8) is 0 Å². The minimum Gasteiger partial charge on any atom is -0.496 e. The highest BCUT2D eigenvalue weighted by Gasteiger charge is 2.21. The first-order valence-corrected chi connectivity index (χ1v) is 6.67. The van der Waals surface area contributed by atoms with Crippen molar-refractivity contribution in [2.75, 3.05) is 20.8 Å². The van der Waals surface area contributed by atoms with Crippen LogP contribution in [0.25, 0.3) is 0 Å². The number of nitrogens with one attached hydrogen (secondary N) is 1. The standard InChI is InChI=1S/C14H15F2N3O4/c1-21-6-5-10-18-11(23-19-10)7-17-14(20)12-9(22-2)4-3-8(15)13(12)16/h3-4H,5-7H2,1-2H3,(H,17,20). The van der Waals surface area contributed by atoms with Crippen molar-refractivity contribution in [2.24, 2.45) is 0 Å². The summed E-state index contributed by atoms with van der Waals surface area (Å²) in [4.78, 5) is 16.1. The molecule has 0 saturated carbocycles. The summed E-state index contributed by atoms with van der Waals surface area (Å²) in [5, 5.41) is 6.07. The highest BCUT2D eigenvalue weighted by molar-refractivity contribution is 5.97. The molecule has 0 aliphatic carbocycles. The zero-order valence-corrected chi connectivity index (χ0v) is 12.6. The Morgan fingerprint density at radius 2 is 2.13 bits per heavy atom. The number of halogens is 2. The van der Waals surface area contributed by atoms with Crippen molar-refractivity contribution in [2.45, 2.75) is 13.0 Å². The van der Waals surface area contributed by atoms with Crippen LogP contribution in [0.15, 0.2) is 16.7 Å². The Kier molecular flexibility index (Phi) is 5.58. The van der Waals surface area contributed by atoms with Crippen LogP contribution in [0.3, 0.4) is 0 Å². The third-order valence-corrected chi connectivity index (χ3v) is 2.94. The lowest BCUT2D eigenvalue weighted by Crippen LogP contribution is -2.25. The second kappa shape index (κ2) is 7.63. The minimum absolute atomic E-state index is 0.0762. The SMILES string of the molecule is COCCc1noc(CNC(=O)c2c(OC)ccc(F)c2F)n1. The van der Waals surface area contributed by atoms with Gasteiger partial charge in [-0.3, -0.25) is 4.79 Å². The monoisotopic (exact) mass is 327 g/mol. The molecule has 1 aromatic heterocycles. The normalized spacial score (nSPS) is 10.6. The maximum Gasteiger partial charge on any atom is 0.258 e. The first kappa shape index (κ1) is 16.8. The summed E-state index contributed by atoms with van der Waals surface area (Å²) in [5.74, 6) is -2.79. The smallest absolute Gasteiger partial charge is 0.258 e. The van der Waals surface area contributed by atoms with Crippen LogP contribution in [0.5, 0.6) is 5.75 Å². The second-order valence-electron chi connectivity index (χ2n) is 4.47. The third-order valence-electron chi connectivity index (χ3n) is 2.94. The van der Waals surface area contributed by atoms with Crippen LogP contribution < -0.4 is 10.1 Å². The van der Waals surface area contributed by atoms with Crippen molar-refractivity contribution in [3.05, 3.63) is 41.0 Å². The molecule has 1 amide bonds. The lowest BCUT2D eigenvalue weighted by molar-refractivity contribution is 0.0937. The van der Waals surface area contributed by atoms with E-state index in [2.05, 4.69) is 15.5 Å². The number of carbonyl (C=O) groups excluding carboxylic acids is 1. The highest BCUT2D eigenvalue weighted by atomic mass is 19.2. The predicted octanol–water partition coefficient (Wildman–Crippen LogP) is 1.48. The zero-order valence-electron chi connectivity index (χ0n) is 12.6. The van der Waals surface area contributed by atoms with Crippen LogP contribution in [-0.4, -0.2) is 36.9 Å². The van der Waals surface area contributed by atoms with Crippen LogP contribution in [0, 0.1) is 11.6 Å². The van der Waals surface area contributed by atoms with Gasteiger partial charge >= 0.3 is 0 Å². The second-order valence-corrected chi connectivity index (χ2v) is 4.47. The van der Waals surface area contributed by atoms with Crippen molar-refractivity contribution in [1.29, 1.82) is 0 Å². The Balaban J connectivity index is 2.05. The topological polar surface area (TPSA) is 86.5 Å². The quantitative estimate of drug-likeness (QED) is 0.829. The summed E-state index contributed by atoms with van der Waals surface area (Å²) in [7, 11) is 2.80. The molecule has 2 aromatic rings. The van der Waals surface area contributed by atoms with E-state index in [0.29, 0.717) is 18.9 Å². The summed E-state index contributed by atoms with van der Waals surface area (Å²) in [6.45, 7) is 0.301. The van der Waals surface area contributed by atoms with E-state index in [4.69, 9.17) is 14.0 Å². The summed E-state index contributed by atoms with van der Waals surface area (Å²) >= 11 is 0. The van der Waals surface area contributed by atoms with E-state index < -0.39 is 23.1 Å². The van der Waals surface area contributed by atoms with Crippen molar-refractivity contribution in [1.82, 2.24) is 15.5 Å². The van der Waals surface area contributed by atoms with Crippen LogP contribution in [0.1, 0.15) is 22.1 Å². The molecule has 0 spiro atoms. The van der Waals surface area contributed by atoms with Crippen molar-refractivity contribution < 1.29 is 27.6 Å². The lowest BCUT2D eigenvalue weighted by atomic mass is 10.1. The molecular weight excluding hydrogens is 312 g/mol. The first-order valence-electron chi connectivity index (χ1n) is 6.67. The summed E-state index contributed by atoms with van der Waals surface area (Å²) in [5.41, 5.74) is -0.522. The van der Waals surface area contributed by atoms with Gasteiger partial charge in [0.2, 0.25) is 5.89 Å². The minimum atomic E-state index is -1.28. The van der Waals surface area contributed by atoms with Gasteiger partial charge in [-0.15, -0.1) is 0 Å². The number of aromatic nitrogens is 2. The number of carbonyl (C=O) groups is 1. The van der Waals surface area contributed by atoms with Crippen molar-refractivity contribution >= 4 is 5.91 Å². The molecule has 0 aliphatic heterocycles. The van der Waals surface area contributed by atoms with Gasteiger partial charge in [0.15, 0.2) is 17.5 Å². The Labute approximate surface area is 130 Å². The predicted molar refractivity (Wildman–Crippen MR) is 74.0 cm³/mol. The van der Waals surface area contributed by atoms with Crippen LogP contribution in [0.4, 0.5) is 8.78 Å². The number of rotatable bonds is 7. The van der Waals surface area contributed by atoms with Crippen LogP contribution in [-0.2, 0) is 17.7 Å². The Hall–Kier alpha value is -2.55. The number of methoxy groups -OCH3 is 2. The van der Waals surface area contributed by atoms with E-state index >= 15 is 0 Å². The van der Waals surface area contributed by atoms with E-state index in [1.165, 1.54) is 13.2 Å². The van der Waals surface area contributed by atoms with Gasteiger partial charge in [0.05, 0.1) is 20.3 Å². The number of hydrogen-bond donors (Lipinski definition) is 1. The molecule has 0 bridgehead atoms. The number of nitrogens with zero attached hydrogens (tertiary/aromatic N) is 2. The lowest BCUT2D eigenvalue weighted by Gasteiger charge is -2.09. The van der Waals surface area contributed by atoms with Gasteiger partial charge < -0.3 is 19.3 Å². The van der Waals surface area contributed by atoms with E-state index in [9.17, 15) is 13.6 Å². The fraction of sp³-hybridized carbons (Fsp3) is 0.357. The van der Waals surface area contributed by atoms with Gasteiger partial charge in [0, 0.05) is 13.5 Å². The van der Waals surface area contributed by atoms with E-state index in [0.717, 1.165) is 6.07 Å². The van der Waals surface area contributed by atoms with Gasteiger partial charge in [-0.2, -0.15) is 4.98 Å². The summed E-state index contributed by atoms with van der Waals surface area (Å²) in [6.07, 6.45) is 0.459. The zero-order chi connectivity index (χ0) is 16.8. The molecule has 0 saturated heterocycles. The number of hydrogen-bond acceptors (Lipinski definition) is 6. The van der Waals surface area contributed by atoms with Crippen LogP contribution in [0.2, 0.25) is 0 Å². The Morgan fingerprint density at radius 3 is 2.83 bits per heavy atom. The van der Waals surface area contributed by atoms with Crippen molar-refractivity contribution in [3.8, 4) is 5.75 Å². The molecule has 0 fully saturated rings. The number of amides is 1. The van der Waals surface area contributed by atoms with Gasteiger partial charge in [-0.25, -0.2) is 8.78 Å². The molecule has 0 atom stereocenters. The maximum atomic E-state index is 13.8. The first-order chi connectivity index (χ1) is 11.1. The highest BCUT2D eigenvalue weighted by Crippen LogP contribution is 2.23. The van der Waals surface area contributed by atoms with Gasteiger partial charge in [0.1, 0.15) is 11.3 Å². The summed E-state index contributed by atoms with van der Waals surface area (Å²) in [6, 6.07) is 2.05. The molecule has 9 heteroatoms. The summed E-state index contributed by atoms with van der Waals surface area (Å²) < 4.78 is 41.7. The molecule has 0 radical (unpaired) electrons. The molecule has 7 nitrogen and oxygen atoms in total. The fourth-order valence-corrected chi connectivity index (χ4v) is 1.82. The molecule has 2 rings (SSSR count). The molecule has 1 heterocycles. The average Bonchev–Trinajstić information content (AvgIpc) is 3.01. The number of benzene rings is 1. The Morgan fingerprint density at radius 1 is 1.35 bits per heavy atom. The molecule has 0 aliphatic rings. The molecular formula is C14H15F2N3O4. The van der Waals surface area contributed by atoms with E-state index in [-0.39, 0.29) is 18.2 Å². The average molecular weight is 327 g/mol. The largest absolute Gasteiger partial charge is 0.496 e. The van der Waals surface area contributed by atoms with Gasteiger partial charge in [-0.1, -0.05) is 5.16 Å². The van der Waals surface area contributed by atoms with Gasteiger partial charge in [0.25, 0.3) is 5.91 Å². The Bertz CT molecular complexity index is 691. The molecule has 124 valence electrons. The molecule has 1 N–H and O–H groups in total. The molecule has 23 heavy (non-hydrogen) atoms. The molecule has 0 unspecified atom stereocenters. The maximum absolute atomic E-state index is 13.8. The molecule has 1 aromatic carbocycles.